The van der Waals surface area contributed by atoms with Gasteiger partial charge in [-0.05, 0) is 0 Å². The van der Waals surface area contributed by atoms with E-state index in [4.69, 9.17) is 0 Å². The first-order valence-electron chi connectivity index (χ1n) is 4.83. The SMILES string of the molecule is F[B-](F)(F)F.F[B-](F)(F)F.F[B-](F)(F)F.[CH2-]CCCC.[Na+]. The van der Waals surface area contributed by atoms with Gasteiger partial charge in [0.2, 0.25) is 0 Å². The molecule has 0 aliphatic rings. The van der Waals surface area contributed by atoms with Gasteiger partial charge in [-0.2, -0.15) is 6.42 Å². The van der Waals surface area contributed by atoms with Crippen molar-refractivity contribution in [3.8, 4) is 0 Å². The summed E-state index contributed by atoms with van der Waals surface area (Å²) in [5, 5.41) is 0. The van der Waals surface area contributed by atoms with Crippen molar-refractivity contribution in [3.05, 3.63) is 6.92 Å². The predicted octanol–water partition coefficient (Wildman–Crippen LogP) is 2.91. The number of halogens is 12. The molecular weight excluding hydrogens is 343 g/mol. The third-order valence-corrected chi connectivity index (χ3v) is 0.604. The Balaban J connectivity index is -0.0000000533. The van der Waals surface area contributed by atoms with E-state index in [0.717, 1.165) is 6.42 Å². The van der Waals surface area contributed by atoms with E-state index in [1.807, 2.05) is 0 Å². The summed E-state index contributed by atoms with van der Waals surface area (Å²) in [5.74, 6) is 0. The molecule has 0 rings (SSSR count). The summed E-state index contributed by atoms with van der Waals surface area (Å²) in [6.45, 7) is 5.85. The van der Waals surface area contributed by atoms with Gasteiger partial charge in [-0.25, -0.2) is 0 Å². The topological polar surface area (TPSA) is 0 Å². The number of rotatable bonds is 2. The quantitative estimate of drug-likeness (QED) is 0.406. The van der Waals surface area contributed by atoms with Crippen molar-refractivity contribution in [2.24, 2.45) is 0 Å². The Morgan fingerprint density at radius 1 is 0.619 bits per heavy atom. The van der Waals surface area contributed by atoms with Crippen molar-refractivity contribution in [1.82, 2.24) is 0 Å². The zero-order valence-electron chi connectivity index (χ0n) is 11.1. The van der Waals surface area contributed by atoms with E-state index >= 15 is 0 Å². The van der Waals surface area contributed by atoms with E-state index in [2.05, 4.69) is 13.8 Å². The van der Waals surface area contributed by atoms with Crippen LogP contribution in [-0.2, 0) is 0 Å². The molecule has 0 aliphatic carbocycles. The van der Waals surface area contributed by atoms with Crippen LogP contribution < -0.4 is 29.6 Å². The fraction of sp³-hybridized carbons (Fsp3) is 0.800. The molecule has 0 N–H and O–H groups in total. The molecule has 0 atom stereocenters. The van der Waals surface area contributed by atoms with Crippen LogP contribution >= 0.6 is 0 Å². The van der Waals surface area contributed by atoms with Crippen LogP contribution in [0.15, 0.2) is 0 Å². The third-order valence-electron chi connectivity index (χ3n) is 0.604. The predicted molar refractivity (Wildman–Crippen MR) is 55.4 cm³/mol. The molecule has 0 radical (unpaired) electrons. The second-order valence-corrected chi connectivity index (χ2v) is 2.69. The van der Waals surface area contributed by atoms with Crippen molar-refractivity contribution in [2.45, 2.75) is 26.2 Å². The van der Waals surface area contributed by atoms with Gasteiger partial charge in [-0.3, -0.25) is 0 Å². The summed E-state index contributed by atoms with van der Waals surface area (Å²) < 4.78 is 117. The molecule has 0 amide bonds. The average Bonchev–Trinajstić information content (AvgIpc) is 1.94. The first kappa shape index (κ1) is 33.1. The fourth-order valence-corrected chi connectivity index (χ4v) is 0.250. The Morgan fingerprint density at radius 2 is 0.762 bits per heavy atom. The van der Waals surface area contributed by atoms with Gasteiger partial charge < -0.3 is 58.7 Å². The van der Waals surface area contributed by atoms with Crippen LogP contribution in [0.1, 0.15) is 26.2 Å². The van der Waals surface area contributed by atoms with E-state index in [1.165, 1.54) is 12.8 Å². The van der Waals surface area contributed by atoms with Gasteiger partial charge in [0, 0.05) is 0 Å². The molecule has 0 bridgehead atoms. The Hall–Kier alpha value is 0.355. The van der Waals surface area contributed by atoms with Gasteiger partial charge in [0.05, 0.1) is 0 Å². The molecular formula is C5H11B3F12Na-3. The standard InChI is InChI=1S/C5H11.3BF4.Na/c1-3-5-4-2;3*2-1(3,4)5;/h1,3-5H2,2H3;;;;/q4*-1;+1. The molecule has 0 spiro atoms. The molecule has 0 saturated heterocycles. The molecule has 16 heteroatoms. The second-order valence-electron chi connectivity index (χ2n) is 2.69. The Bertz CT molecular complexity index is 140. The summed E-state index contributed by atoms with van der Waals surface area (Å²) in [5.41, 5.74) is 0. The Labute approximate surface area is 136 Å². The number of hydrogen-bond donors (Lipinski definition) is 0. The van der Waals surface area contributed by atoms with Crippen LogP contribution in [0, 0.1) is 6.92 Å². The normalized spacial score (nSPS) is 10.6. The zero-order chi connectivity index (χ0) is 17.6. The van der Waals surface area contributed by atoms with Crippen molar-refractivity contribution in [1.29, 1.82) is 0 Å². The Morgan fingerprint density at radius 3 is 0.762 bits per heavy atom. The van der Waals surface area contributed by atoms with E-state index in [-0.39, 0.29) is 29.6 Å². The van der Waals surface area contributed by atoms with Crippen LogP contribution in [0.2, 0.25) is 0 Å². The summed E-state index contributed by atoms with van der Waals surface area (Å²) >= 11 is 0. The monoisotopic (exact) mass is 355 g/mol. The van der Waals surface area contributed by atoms with Crippen LogP contribution in [0.3, 0.4) is 0 Å². The van der Waals surface area contributed by atoms with Gasteiger partial charge >= 0.3 is 51.3 Å². The minimum Gasteiger partial charge on any atom is -0.418 e. The van der Waals surface area contributed by atoms with Gasteiger partial charge in [0.25, 0.3) is 0 Å². The zero-order valence-corrected chi connectivity index (χ0v) is 13.1. The van der Waals surface area contributed by atoms with Crippen molar-refractivity contribution >= 4 is 21.8 Å². The van der Waals surface area contributed by atoms with Crippen LogP contribution in [0.5, 0.6) is 0 Å². The van der Waals surface area contributed by atoms with E-state index in [1.54, 1.807) is 0 Å². The molecule has 0 aromatic carbocycles. The van der Waals surface area contributed by atoms with Gasteiger partial charge in [-0.15, -0.1) is 0 Å². The maximum absolute atomic E-state index is 9.75. The van der Waals surface area contributed by atoms with Crippen molar-refractivity contribution in [2.75, 3.05) is 0 Å². The van der Waals surface area contributed by atoms with Gasteiger partial charge in [-0.1, -0.05) is 19.8 Å². The van der Waals surface area contributed by atoms with Crippen molar-refractivity contribution < 1.29 is 81.3 Å². The molecule has 21 heavy (non-hydrogen) atoms. The molecule has 0 aliphatic heterocycles. The van der Waals surface area contributed by atoms with Crippen LogP contribution in [0.4, 0.5) is 51.8 Å². The smallest absolute Gasteiger partial charge is 0.418 e. The summed E-state index contributed by atoms with van der Waals surface area (Å²) in [6.07, 6.45) is 3.65. The number of hydrogen-bond acceptors (Lipinski definition) is 0. The molecule has 128 valence electrons. The number of unbranched alkanes of at least 4 members (excludes halogenated alkanes) is 2. The van der Waals surface area contributed by atoms with Crippen LogP contribution in [-0.4, -0.2) is 21.8 Å². The minimum absolute atomic E-state index is 0. The fourth-order valence-electron chi connectivity index (χ4n) is 0.250. The molecule has 0 fully saturated rings. The molecule has 0 unspecified atom stereocenters. The summed E-state index contributed by atoms with van der Waals surface area (Å²) in [6, 6.07) is 0. The first-order valence-corrected chi connectivity index (χ1v) is 4.83. The maximum Gasteiger partial charge on any atom is 1.00 e. The van der Waals surface area contributed by atoms with Gasteiger partial charge in [0.15, 0.2) is 0 Å². The minimum atomic E-state index is -6.00. The largest absolute Gasteiger partial charge is 1.00 e. The van der Waals surface area contributed by atoms with Crippen molar-refractivity contribution in [3.63, 3.8) is 0 Å². The molecule has 0 aromatic heterocycles. The molecule has 0 saturated carbocycles. The van der Waals surface area contributed by atoms with E-state index in [9.17, 15) is 51.8 Å². The summed E-state index contributed by atoms with van der Waals surface area (Å²) in [4.78, 5) is 0. The summed E-state index contributed by atoms with van der Waals surface area (Å²) in [7, 11) is -18.0. The molecule has 0 heterocycles. The second kappa shape index (κ2) is 16.7. The molecule has 0 nitrogen and oxygen atoms in total. The maximum atomic E-state index is 9.75. The first-order chi connectivity index (χ1) is 8.41. The third kappa shape index (κ3) is 1240. The van der Waals surface area contributed by atoms with E-state index < -0.39 is 21.8 Å². The average molecular weight is 355 g/mol. The van der Waals surface area contributed by atoms with Gasteiger partial charge in [0.1, 0.15) is 0 Å². The van der Waals surface area contributed by atoms with Crippen LogP contribution in [0.25, 0.3) is 0 Å². The van der Waals surface area contributed by atoms with E-state index in [0.29, 0.717) is 0 Å². The Kier molecular flexibility index (Phi) is 26.3. The molecule has 0 aromatic rings.